The summed E-state index contributed by atoms with van der Waals surface area (Å²) in [5, 5.41) is 0. The Labute approximate surface area is 56.9 Å². The van der Waals surface area contributed by atoms with Crippen molar-refractivity contribution in [1.82, 2.24) is 0 Å². The molecule has 3 unspecified atom stereocenters. The highest BCUT2D eigenvalue weighted by molar-refractivity contribution is 5.01. The Kier molecular flexibility index (Phi) is 1.91. The van der Waals surface area contributed by atoms with Crippen LogP contribution in [0.25, 0.3) is 0 Å². The lowest BCUT2D eigenvalue weighted by atomic mass is 9.86. The molecule has 0 aliphatic heterocycles. The molecule has 0 fully saturated rings. The predicted molar refractivity (Wildman–Crippen MR) is 40.1 cm³/mol. The highest BCUT2D eigenvalue weighted by atomic mass is 14.6. The Morgan fingerprint density at radius 3 is 2.44 bits per heavy atom. The first-order valence-corrected chi connectivity index (χ1v) is 3.64. The fourth-order valence-electron chi connectivity index (χ4n) is 1.33. The third-order valence-corrected chi connectivity index (χ3v) is 2.06. The van der Waals surface area contributed by atoms with Gasteiger partial charge in [0.2, 0.25) is 0 Å². The average molecular weight is 125 g/mol. The lowest BCUT2D eigenvalue weighted by molar-refractivity contribution is 0.406. The predicted octanol–water partition coefficient (Wildman–Crippen LogP) is 1.55. The van der Waals surface area contributed by atoms with E-state index in [1.165, 1.54) is 6.42 Å². The molecule has 1 heteroatoms. The molecule has 0 saturated carbocycles. The van der Waals surface area contributed by atoms with E-state index in [4.69, 9.17) is 5.73 Å². The van der Waals surface area contributed by atoms with Crippen LogP contribution in [-0.2, 0) is 0 Å². The average Bonchev–Trinajstić information content (AvgIpc) is 1.80. The van der Waals surface area contributed by atoms with Crippen LogP contribution < -0.4 is 5.73 Å². The van der Waals surface area contributed by atoms with Gasteiger partial charge >= 0.3 is 0 Å². The molecule has 0 aromatic rings. The highest BCUT2D eigenvalue weighted by Crippen LogP contribution is 2.20. The van der Waals surface area contributed by atoms with Crippen molar-refractivity contribution < 1.29 is 0 Å². The third-order valence-electron chi connectivity index (χ3n) is 2.06. The van der Waals surface area contributed by atoms with Gasteiger partial charge in [0.1, 0.15) is 0 Å². The first-order chi connectivity index (χ1) is 4.20. The van der Waals surface area contributed by atoms with Gasteiger partial charge in [-0.1, -0.05) is 26.0 Å². The molecule has 0 saturated heterocycles. The van der Waals surface area contributed by atoms with E-state index in [0.29, 0.717) is 12.0 Å². The molecule has 3 atom stereocenters. The van der Waals surface area contributed by atoms with Crippen molar-refractivity contribution in [2.24, 2.45) is 17.6 Å². The number of hydrogen-bond donors (Lipinski definition) is 1. The molecule has 2 N–H and O–H groups in total. The normalized spacial score (nSPS) is 43.2. The molecule has 52 valence electrons. The van der Waals surface area contributed by atoms with Crippen molar-refractivity contribution in [3.63, 3.8) is 0 Å². The van der Waals surface area contributed by atoms with Crippen LogP contribution in [0.1, 0.15) is 20.3 Å². The molecule has 9 heavy (non-hydrogen) atoms. The summed E-state index contributed by atoms with van der Waals surface area (Å²) in [6.45, 7) is 4.45. The van der Waals surface area contributed by atoms with Crippen LogP contribution in [0, 0.1) is 11.8 Å². The number of rotatable bonds is 0. The van der Waals surface area contributed by atoms with Crippen molar-refractivity contribution in [3.8, 4) is 0 Å². The van der Waals surface area contributed by atoms with Gasteiger partial charge in [-0.3, -0.25) is 0 Å². The van der Waals surface area contributed by atoms with Crippen LogP contribution in [-0.4, -0.2) is 6.04 Å². The fraction of sp³-hybridized carbons (Fsp3) is 0.750. The van der Waals surface area contributed by atoms with Gasteiger partial charge in [-0.25, -0.2) is 0 Å². The molecule has 1 rings (SSSR count). The second-order valence-electron chi connectivity index (χ2n) is 3.15. The van der Waals surface area contributed by atoms with E-state index in [2.05, 4.69) is 26.0 Å². The van der Waals surface area contributed by atoms with Gasteiger partial charge in [0.15, 0.2) is 0 Å². The van der Waals surface area contributed by atoms with Crippen molar-refractivity contribution in [3.05, 3.63) is 12.2 Å². The first-order valence-electron chi connectivity index (χ1n) is 3.64. The summed E-state index contributed by atoms with van der Waals surface area (Å²) >= 11 is 0. The molecule has 0 bridgehead atoms. The van der Waals surface area contributed by atoms with E-state index in [1.807, 2.05) is 0 Å². The molecule has 0 heterocycles. The van der Waals surface area contributed by atoms with Crippen LogP contribution in [0.3, 0.4) is 0 Å². The van der Waals surface area contributed by atoms with E-state index >= 15 is 0 Å². The fourth-order valence-corrected chi connectivity index (χ4v) is 1.33. The topological polar surface area (TPSA) is 26.0 Å². The van der Waals surface area contributed by atoms with Crippen molar-refractivity contribution in [2.45, 2.75) is 26.3 Å². The number of nitrogens with two attached hydrogens (primary N) is 1. The summed E-state index contributed by atoms with van der Waals surface area (Å²) in [6, 6.07) is 0.307. The maximum atomic E-state index is 5.75. The molecular formula is C8H15N. The van der Waals surface area contributed by atoms with E-state index in [1.54, 1.807) is 0 Å². The quantitative estimate of drug-likeness (QED) is 0.488. The number of allylic oxidation sites excluding steroid dienone is 1. The van der Waals surface area contributed by atoms with Crippen molar-refractivity contribution in [2.75, 3.05) is 0 Å². The van der Waals surface area contributed by atoms with Gasteiger partial charge < -0.3 is 5.73 Å². The van der Waals surface area contributed by atoms with Gasteiger partial charge in [0.05, 0.1) is 0 Å². The highest BCUT2D eigenvalue weighted by Gasteiger charge is 2.16. The molecule has 0 spiro atoms. The lowest BCUT2D eigenvalue weighted by Crippen LogP contribution is -2.29. The molecule has 0 amide bonds. The van der Waals surface area contributed by atoms with Gasteiger partial charge in [0, 0.05) is 6.04 Å². The zero-order valence-corrected chi connectivity index (χ0v) is 6.17. The minimum Gasteiger partial charge on any atom is -0.324 e. The maximum Gasteiger partial charge on any atom is 0.0250 e. The Morgan fingerprint density at radius 2 is 2.00 bits per heavy atom. The smallest absolute Gasteiger partial charge is 0.0250 e. The molecule has 0 aromatic heterocycles. The molecule has 0 aromatic carbocycles. The summed E-state index contributed by atoms with van der Waals surface area (Å²) in [7, 11) is 0. The SMILES string of the molecule is CC1C=CC(N)C(C)C1. The molecule has 1 aliphatic carbocycles. The van der Waals surface area contributed by atoms with Crippen molar-refractivity contribution in [1.29, 1.82) is 0 Å². The summed E-state index contributed by atoms with van der Waals surface area (Å²) in [4.78, 5) is 0. The van der Waals surface area contributed by atoms with Gasteiger partial charge in [-0.2, -0.15) is 0 Å². The van der Waals surface area contributed by atoms with E-state index in [9.17, 15) is 0 Å². The van der Waals surface area contributed by atoms with Crippen LogP contribution in [0.15, 0.2) is 12.2 Å². The van der Waals surface area contributed by atoms with Crippen LogP contribution >= 0.6 is 0 Å². The largest absolute Gasteiger partial charge is 0.324 e. The monoisotopic (exact) mass is 125 g/mol. The molecule has 1 aliphatic rings. The van der Waals surface area contributed by atoms with Crippen LogP contribution in [0.5, 0.6) is 0 Å². The van der Waals surface area contributed by atoms with E-state index in [0.717, 1.165) is 5.92 Å². The standard InChI is InChI=1S/C8H15N/c1-6-3-4-8(9)7(2)5-6/h3-4,6-8H,5,9H2,1-2H3. The first kappa shape index (κ1) is 6.81. The summed E-state index contributed by atoms with van der Waals surface area (Å²) in [5.74, 6) is 1.41. The zero-order chi connectivity index (χ0) is 6.85. The van der Waals surface area contributed by atoms with Crippen LogP contribution in [0.4, 0.5) is 0 Å². The van der Waals surface area contributed by atoms with Crippen molar-refractivity contribution >= 4 is 0 Å². The summed E-state index contributed by atoms with van der Waals surface area (Å²) in [5.41, 5.74) is 5.75. The van der Waals surface area contributed by atoms with E-state index in [-0.39, 0.29) is 0 Å². The second kappa shape index (κ2) is 2.53. The Balaban J connectivity index is 2.54. The molecule has 0 radical (unpaired) electrons. The van der Waals surface area contributed by atoms with Gasteiger partial charge in [-0.15, -0.1) is 0 Å². The Hall–Kier alpha value is -0.300. The lowest BCUT2D eigenvalue weighted by Gasteiger charge is -2.23. The zero-order valence-electron chi connectivity index (χ0n) is 6.17. The van der Waals surface area contributed by atoms with Gasteiger partial charge in [-0.05, 0) is 18.3 Å². The number of hydrogen-bond acceptors (Lipinski definition) is 1. The Bertz CT molecular complexity index is 118. The molecular weight excluding hydrogens is 110 g/mol. The van der Waals surface area contributed by atoms with Gasteiger partial charge in [0.25, 0.3) is 0 Å². The summed E-state index contributed by atoms with van der Waals surface area (Å²) in [6.07, 6.45) is 5.58. The van der Waals surface area contributed by atoms with Crippen LogP contribution in [0.2, 0.25) is 0 Å². The Morgan fingerprint density at radius 1 is 1.33 bits per heavy atom. The minimum atomic E-state index is 0.307. The maximum absolute atomic E-state index is 5.75. The summed E-state index contributed by atoms with van der Waals surface area (Å²) < 4.78 is 0. The van der Waals surface area contributed by atoms with E-state index < -0.39 is 0 Å². The second-order valence-corrected chi connectivity index (χ2v) is 3.15. The third kappa shape index (κ3) is 1.55. The molecule has 1 nitrogen and oxygen atoms in total. The minimum absolute atomic E-state index is 0.307.